The maximum Gasteiger partial charge on any atom is 0.328 e. The third-order valence-corrected chi connectivity index (χ3v) is 12.0. The number of imidazole rings is 2. The summed E-state index contributed by atoms with van der Waals surface area (Å²) in [4.78, 5) is 62.5. The lowest BCUT2D eigenvalue weighted by molar-refractivity contribution is -0.215. The molecule has 0 spiro atoms. The number of benzene rings is 1. The van der Waals surface area contributed by atoms with Gasteiger partial charge >= 0.3 is 7.60 Å². The van der Waals surface area contributed by atoms with E-state index in [-0.39, 0.29) is 34.7 Å². The first-order chi connectivity index (χ1) is 29.3. The van der Waals surface area contributed by atoms with Crippen molar-refractivity contribution >= 4 is 53.5 Å². The Hall–Kier alpha value is -5.03. The zero-order valence-electron chi connectivity index (χ0n) is 33.7. The summed E-state index contributed by atoms with van der Waals surface area (Å²) in [5.41, 5.74) is 0.457. The van der Waals surface area contributed by atoms with Crippen molar-refractivity contribution in [3.63, 3.8) is 0 Å². The van der Waals surface area contributed by atoms with Crippen LogP contribution in [0.1, 0.15) is 62.8 Å². The summed E-state index contributed by atoms with van der Waals surface area (Å²) in [7, 11) is -3.98. The van der Waals surface area contributed by atoms with E-state index in [1.54, 1.807) is 55.7 Å². The number of hydrogen-bond acceptors (Lipinski definition) is 17. The van der Waals surface area contributed by atoms with Crippen molar-refractivity contribution in [2.75, 3.05) is 37.1 Å². The third kappa shape index (κ3) is 8.86. The molecule has 1 aromatic carbocycles. The van der Waals surface area contributed by atoms with Gasteiger partial charge in [0, 0.05) is 30.7 Å². The van der Waals surface area contributed by atoms with Crippen LogP contribution in [0.4, 0.5) is 11.8 Å². The zero-order chi connectivity index (χ0) is 43.0. The van der Waals surface area contributed by atoms with E-state index in [1.165, 1.54) is 30.2 Å². The monoisotopic (exact) mass is 866 g/mol. The van der Waals surface area contributed by atoms with Crippen molar-refractivity contribution in [3.05, 3.63) is 65.2 Å². The zero-order valence-corrected chi connectivity index (χ0v) is 34.6. The third-order valence-electron chi connectivity index (χ3n) is 10.7. The number of nitrogens with zero attached hydrogens (tertiary/aromatic N) is 7. The molecule has 0 radical (unpaired) electrons. The van der Waals surface area contributed by atoms with Gasteiger partial charge in [0.05, 0.1) is 25.9 Å². The average molecular weight is 867 g/mol. The van der Waals surface area contributed by atoms with Crippen LogP contribution in [0.5, 0.6) is 0 Å². The highest BCUT2D eigenvalue weighted by Gasteiger charge is 2.50. The van der Waals surface area contributed by atoms with Crippen LogP contribution < -0.4 is 16.2 Å². The SMILES string of the molecule is CC(C)C(=O)Nc1nc2c(ncn2[C@@H]2O[C@H](COP(C)(=O)O[C@H]3[C@@H](C)[C@H](n4cnc5c(NC(=O)c6ccccc6)ncnc54)O[C@@H]3CO)[C@@H](O)[C@H]2OC2CCCCO2)c(=O)[nH]1. The number of aromatic amines is 1. The first kappa shape index (κ1) is 42.7. The van der Waals surface area contributed by atoms with Crippen molar-refractivity contribution in [2.45, 2.75) is 89.3 Å². The fraction of sp³-hybridized carbons (Fsp3) is 0.526. The van der Waals surface area contributed by atoms with E-state index in [0.29, 0.717) is 29.8 Å². The maximum absolute atomic E-state index is 14.1. The molecule has 5 N–H and O–H groups in total. The Bertz CT molecular complexity index is 2480. The first-order valence-corrected chi connectivity index (χ1v) is 21.9. The first-order valence-electron chi connectivity index (χ1n) is 19.9. The summed E-state index contributed by atoms with van der Waals surface area (Å²) in [5, 5.41) is 27.4. The molecule has 2 unspecified atom stereocenters. The Labute approximate surface area is 347 Å². The van der Waals surface area contributed by atoms with E-state index in [1.807, 2.05) is 0 Å². The second-order valence-electron chi connectivity index (χ2n) is 15.4. The molecule has 10 atom stereocenters. The average Bonchev–Trinajstić information content (AvgIpc) is 4.02. The Morgan fingerprint density at radius 1 is 0.984 bits per heavy atom. The summed E-state index contributed by atoms with van der Waals surface area (Å²) in [6.45, 7) is 5.98. The molecule has 7 heterocycles. The fourth-order valence-electron chi connectivity index (χ4n) is 7.52. The number of ether oxygens (including phenoxy) is 4. The summed E-state index contributed by atoms with van der Waals surface area (Å²) in [5.74, 6) is -1.61. The predicted octanol–water partition coefficient (Wildman–Crippen LogP) is 2.73. The molecular weight excluding hydrogens is 819 g/mol. The molecule has 3 saturated heterocycles. The Kier molecular flexibility index (Phi) is 12.4. The molecule has 3 fully saturated rings. The topological polar surface area (TPSA) is 278 Å². The van der Waals surface area contributed by atoms with Gasteiger partial charge in [-0.15, -0.1) is 0 Å². The number of anilines is 2. The van der Waals surface area contributed by atoms with Gasteiger partial charge in [0.2, 0.25) is 11.9 Å². The molecule has 0 aliphatic carbocycles. The summed E-state index contributed by atoms with van der Waals surface area (Å²) in [6.07, 6.45) is -1.76. The molecule has 2 amide bonds. The van der Waals surface area contributed by atoms with Crippen LogP contribution in [0.2, 0.25) is 0 Å². The lowest BCUT2D eigenvalue weighted by Crippen LogP contribution is -2.40. The second-order valence-corrected chi connectivity index (χ2v) is 17.5. The minimum atomic E-state index is -3.98. The van der Waals surface area contributed by atoms with Gasteiger partial charge in [-0.1, -0.05) is 39.0 Å². The molecule has 0 bridgehead atoms. The highest BCUT2D eigenvalue weighted by Crippen LogP contribution is 2.51. The minimum Gasteiger partial charge on any atom is -0.394 e. The molecule has 3 aliphatic heterocycles. The van der Waals surface area contributed by atoms with Gasteiger partial charge in [0.25, 0.3) is 11.5 Å². The van der Waals surface area contributed by atoms with Crippen LogP contribution in [-0.2, 0) is 37.4 Å². The van der Waals surface area contributed by atoms with Crippen LogP contribution in [0.25, 0.3) is 22.3 Å². The van der Waals surface area contributed by atoms with E-state index in [4.69, 9.17) is 28.0 Å². The van der Waals surface area contributed by atoms with E-state index >= 15 is 0 Å². The van der Waals surface area contributed by atoms with Gasteiger partial charge in [0.15, 0.2) is 40.7 Å². The van der Waals surface area contributed by atoms with Crippen LogP contribution in [-0.4, -0.2) is 124 Å². The van der Waals surface area contributed by atoms with Crippen molar-refractivity contribution < 1.29 is 52.4 Å². The van der Waals surface area contributed by atoms with Crippen LogP contribution in [0.3, 0.4) is 0 Å². The molecule has 61 heavy (non-hydrogen) atoms. The summed E-state index contributed by atoms with van der Waals surface area (Å²) < 4.78 is 53.7. The quantitative estimate of drug-likeness (QED) is 0.100. The largest absolute Gasteiger partial charge is 0.394 e. The normalized spacial score (nSPS) is 27.8. The lowest BCUT2D eigenvalue weighted by atomic mass is 10.0. The molecule has 5 aromatic rings. The van der Waals surface area contributed by atoms with Crippen LogP contribution in [0, 0.1) is 11.8 Å². The predicted molar refractivity (Wildman–Crippen MR) is 214 cm³/mol. The van der Waals surface area contributed by atoms with Gasteiger partial charge in [0.1, 0.15) is 43.1 Å². The number of carbonyl (C=O) groups excluding carboxylic acids is 2. The summed E-state index contributed by atoms with van der Waals surface area (Å²) >= 11 is 0. The lowest BCUT2D eigenvalue weighted by Gasteiger charge is -2.29. The molecule has 4 aromatic heterocycles. The number of nitrogens with one attached hydrogen (secondary N) is 3. The van der Waals surface area contributed by atoms with Gasteiger partial charge in [-0.05, 0) is 31.4 Å². The highest BCUT2D eigenvalue weighted by molar-refractivity contribution is 7.53. The molecule has 3 aliphatic rings. The highest BCUT2D eigenvalue weighted by atomic mass is 31.2. The van der Waals surface area contributed by atoms with E-state index in [9.17, 15) is 29.2 Å². The van der Waals surface area contributed by atoms with Gasteiger partial charge in [-0.3, -0.25) is 38.4 Å². The molecule has 326 valence electrons. The van der Waals surface area contributed by atoms with Crippen molar-refractivity contribution in [2.24, 2.45) is 11.8 Å². The number of amides is 2. The molecule has 22 nitrogen and oxygen atoms in total. The number of fused-ring (bicyclic) bond motifs is 2. The van der Waals surface area contributed by atoms with Gasteiger partial charge < -0.3 is 43.5 Å². The number of H-pyrrole nitrogens is 1. The standard InChI is InChI=1S/C38H47N10O12P/c1-19(2)33(51)45-38-44-32-26(35(53)46-38)42-18-48(32)37-29(59-24-12-8-9-13-55-24)27(50)23(58-37)15-56-61(4,54)60-28-20(3)36(57-22(28)14-49)47-17-41-25-30(39-16-40-31(25)47)43-34(52)21-10-6-5-7-11-21/h5-7,10-11,16-20,22-24,27-29,36-37,49-50H,8-9,12-15H2,1-4H3,(H,39,40,43,52)(H2,44,45,46,51,53)/t20-,22-,23-,24?,27-,28+,29-,36-,37-,61?/m1/s1. The van der Waals surface area contributed by atoms with Crippen LogP contribution in [0.15, 0.2) is 54.1 Å². The van der Waals surface area contributed by atoms with Gasteiger partial charge in [-0.25, -0.2) is 19.9 Å². The number of hydrogen-bond donors (Lipinski definition) is 5. The fourth-order valence-corrected chi connectivity index (χ4v) is 8.77. The molecule has 23 heteroatoms. The molecule has 8 rings (SSSR count). The van der Waals surface area contributed by atoms with Crippen LogP contribution >= 0.6 is 7.60 Å². The maximum atomic E-state index is 14.1. The van der Waals surface area contributed by atoms with E-state index in [2.05, 4.69) is 40.5 Å². The van der Waals surface area contributed by atoms with Gasteiger partial charge in [-0.2, -0.15) is 4.98 Å². The summed E-state index contributed by atoms with van der Waals surface area (Å²) in [6, 6.07) is 8.63. The molecule has 0 saturated carbocycles. The van der Waals surface area contributed by atoms with E-state index in [0.717, 1.165) is 12.8 Å². The number of rotatable bonds is 14. The molecular formula is C38H47N10O12P. The number of aliphatic hydroxyl groups is 2. The minimum absolute atomic E-state index is 0.0458. The van der Waals surface area contributed by atoms with Crippen molar-refractivity contribution in [1.82, 2.24) is 39.0 Å². The van der Waals surface area contributed by atoms with Crippen molar-refractivity contribution in [1.29, 1.82) is 0 Å². The second kappa shape index (κ2) is 17.8. The van der Waals surface area contributed by atoms with E-state index < -0.39 is 87.5 Å². The Morgan fingerprint density at radius 2 is 1.72 bits per heavy atom. The number of aromatic nitrogens is 8. The Morgan fingerprint density at radius 3 is 2.44 bits per heavy atom. The Balaban J connectivity index is 0.980. The number of aliphatic hydroxyl groups excluding tert-OH is 2. The van der Waals surface area contributed by atoms with Crippen molar-refractivity contribution in [3.8, 4) is 0 Å². The number of carbonyl (C=O) groups is 2. The smallest absolute Gasteiger partial charge is 0.328 e.